The number of ketones is 1. The number of carbonyl (C=O) groups excluding carboxylic acids is 2. The van der Waals surface area contributed by atoms with E-state index in [4.69, 9.17) is 4.74 Å². The highest BCUT2D eigenvalue weighted by Gasteiger charge is 2.15. The number of anilines is 1. The number of hydrogen-bond acceptors (Lipinski definition) is 5. The number of nitrogens with one attached hydrogen (secondary N) is 1. The van der Waals surface area contributed by atoms with Crippen LogP contribution in [0.15, 0.2) is 23.1 Å². The second kappa shape index (κ2) is 6.26. The molecule has 0 saturated carbocycles. The Morgan fingerprint density at radius 1 is 1.48 bits per heavy atom. The minimum absolute atomic E-state index is 0.0520. The first kappa shape index (κ1) is 15.5. The molecule has 0 bridgehead atoms. The number of pyridine rings is 1. The molecule has 0 atom stereocenters. The van der Waals surface area contributed by atoms with Crippen molar-refractivity contribution < 1.29 is 14.3 Å². The third-order valence-corrected chi connectivity index (χ3v) is 3.67. The zero-order valence-electron chi connectivity index (χ0n) is 12.0. The van der Waals surface area contributed by atoms with Gasteiger partial charge in [0, 0.05) is 12.1 Å². The van der Waals surface area contributed by atoms with Crippen LogP contribution in [0, 0.1) is 5.92 Å². The predicted octanol–water partition coefficient (Wildman–Crippen LogP) is 2.52. The van der Waals surface area contributed by atoms with Crippen molar-refractivity contribution in [3.63, 3.8) is 0 Å². The van der Waals surface area contributed by atoms with Gasteiger partial charge >= 0.3 is 5.97 Å². The van der Waals surface area contributed by atoms with Crippen LogP contribution in [0.2, 0.25) is 0 Å². The number of imidazole rings is 1. The lowest BCUT2D eigenvalue weighted by Gasteiger charge is -2.11. The van der Waals surface area contributed by atoms with Gasteiger partial charge in [-0.1, -0.05) is 13.8 Å². The molecular formula is C14H16BrN3O3. The summed E-state index contributed by atoms with van der Waals surface area (Å²) in [5.74, 6) is -0.415. The number of nitrogens with zero attached hydrogens (tertiary/aromatic N) is 2. The number of Topliss-reactive ketones (excluding diaryl/α,β-unsaturated/α-hetero) is 1. The van der Waals surface area contributed by atoms with Crippen molar-refractivity contribution in [1.29, 1.82) is 0 Å². The van der Waals surface area contributed by atoms with Crippen LogP contribution in [0.25, 0.3) is 5.65 Å². The number of methoxy groups -OCH3 is 1. The van der Waals surface area contributed by atoms with Crippen LogP contribution in [0.3, 0.4) is 0 Å². The summed E-state index contributed by atoms with van der Waals surface area (Å²) in [6.45, 7) is 3.87. The summed E-state index contributed by atoms with van der Waals surface area (Å²) >= 11 is 3.36. The molecule has 0 unspecified atom stereocenters. The highest BCUT2D eigenvalue weighted by molar-refractivity contribution is 9.10. The third-order valence-electron chi connectivity index (χ3n) is 3.08. The van der Waals surface area contributed by atoms with Crippen molar-refractivity contribution in [2.45, 2.75) is 13.8 Å². The average molecular weight is 354 g/mol. The van der Waals surface area contributed by atoms with Crippen LogP contribution < -0.4 is 5.32 Å². The van der Waals surface area contributed by atoms with Gasteiger partial charge in [-0.3, -0.25) is 9.20 Å². The molecule has 0 amide bonds. The maximum Gasteiger partial charge on any atom is 0.339 e. The molecule has 0 aliphatic heterocycles. The van der Waals surface area contributed by atoms with Gasteiger partial charge in [-0.25, -0.2) is 9.78 Å². The lowest BCUT2D eigenvalue weighted by Crippen LogP contribution is -2.19. The first-order valence-corrected chi connectivity index (χ1v) is 7.25. The average Bonchev–Trinajstić information content (AvgIpc) is 2.85. The topological polar surface area (TPSA) is 72.7 Å². The van der Waals surface area contributed by atoms with Crippen LogP contribution in [0.1, 0.15) is 24.2 Å². The van der Waals surface area contributed by atoms with Gasteiger partial charge in [0.15, 0.2) is 11.4 Å². The number of carbonyl (C=O) groups is 2. The van der Waals surface area contributed by atoms with E-state index in [-0.39, 0.29) is 18.2 Å². The smallest absolute Gasteiger partial charge is 0.339 e. The lowest BCUT2D eigenvalue weighted by molar-refractivity contribution is -0.120. The van der Waals surface area contributed by atoms with Gasteiger partial charge in [-0.15, -0.1) is 0 Å². The van der Waals surface area contributed by atoms with Gasteiger partial charge in [-0.2, -0.15) is 0 Å². The lowest BCUT2D eigenvalue weighted by atomic mass is 10.1. The summed E-state index contributed by atoms with van der Waals surface area (Å²) < 4.78 is 7.16. The number of aromatic nitrogens is 2. The number of hydrogen-bond donors (Lipinski definition) is 1. The van der Waals surface area contributed by atoms with Gasteiger partial charge in [0.1, 0.15) is 4.60 Å². The third kappa shape index (κ3) is 3.24. The molecule has 1 N–H and O–H groups in total. The Morgan fingerprint density at radius 2 is 2.19 bits per heavy atom. The Kier molecular flexibility index (Phi) is 4.62. The molecule has 0 saturated heterocycles. The molecule has 2 aromatic heterocycles. The van der Waals surface area contributed by atoms with Crippen molar-refractivity contribution in [1.82, 2.24) is 9.38 Å². The maximum atomic E-state index is 11.7. The van der Waals surface area contributed by atoms with E-state index in [1.807, 2.05) is 13.8 Å². The molecule has 0 aromatic carbocycles. The fourth-order valence-electron chi connectivity index (χ4n) is 1.80. The van der Waals surface area contributed by atoms with E-state index < -0.39 is 5.97 Å². The number of ether oxygens (including phenoxy) is 1. The molecule has 0 spiro atoms. The fourth-order valence-corrected chi connectivity index (χ4v) is 2.18. The minimum atomic E-state index is -0.448. The number of fused-ring (bicyclic) bond motifs is 1. The van der Waals surface area contributed by atoms with Crippen molar-refractivity contribution in [2.24, 2.45) is 5.92 Å². The van der Waals surface area contributed by atoms with Crippen LogP contribution in [0.4, 0.5) is 5.69 Å². The van der Waals surface area contributed by atoms with Crippen LogP contribution in [-0.2, 0) is 9.53 Å². The van der Waals surface area contributed by atoms with E-state index in [9.17, 15) is 9.59 Å². The maximum absolute atomic E-state index is 11.7. The van der Waals surface area contributed by atoms with Crippen LogP contribution in [0.5, 0.6) is 0 Å². The largest absolute Gasteiger partial charge is 0.465 e. The summed E-state index contributed by atoms with van der Waals surface area (Å²) in [4.78, 5) is 27.7. The van der Waals surface area contributed by atoms with Gasteiger partial charge in [-0.05, 0) is 22.0 Å². The quantitative estimate of drug-likeness (QED) is 0.836. The van der Waals surface area contributed by atoms with E-state index >= 15 is 0 Å². The monoisotopic (exact) mass is 353 g/mol. The summed E-state index contributed by atoms with van der Waals surface area (Å²) in [5.41, 5.74) is 1.62. The first-order chi connectivity index (χ1) is 9.93. The summed E-state index contributed by atoms with van der Waals surface area (Å²) in [6.07, 6.45) is 3.26. The Bertz CT molecular complexity index is 694. The molecule has 7 heteroatoms. The zero-order chi connectivity index (χ0) is 15.6. The Morgan fingerprint density at radius 3 is 2.81 bits per heavy atom. The Balaban J connectivity index is 2.40. The van der Waals surface area contributed by atoms with Crippen LogP contribution >= 0.6 is 15.9 Å². The van der Waals surface area contributed by atoms with Crippen LogP contribution in [-0.4, -0.2) is 34.8 Å². The summed E-state index contributed by atoms with van der Waals surface area (Å²) in [6, 6.07) is 1.63. The van der Waals surface area contributed by atoms with E-state index in [1.54, 1.807) is 22.9 Å². The van der Waals surface area contributed by atoms with Crippen molar-refractivity contribution in [2.75, 3.05) is 19.0 Å². The Labute approximate surface area is 130 Å². The molecule has 2 rings (SSSR count). The normalized spacial score (nSPS) is 10.9. The molecule has 0 aliphatic rings. The van der Waals surface area contributed by atoms with E-state index in [2.05, 4.69) is 26.2 Å². The zero-order valence-corrected chi connectivity index (χ0v) is 13.6. The Hall–Kier alpha value is -1.89. The second-order valence-corrected chi connectivity index (χ2v) is 5.70. The highest BCUT2D eigenvalue weighted by Crippen LogP contribution is 2.23. The van der Waals surface area contributed by atoms with Crippen molar-refractivity contribution in [3.8, 4) is 0 Å². The molecule has 0 fully saturated rings. The van der Waals surface area contributed by atoms with Gasteiger partial charge in [0.05, 0.1) is 31.1 Å². The molecule has 0 radical (unpaired) electrons. The van der Waals surface area contributed by atoms with E-state index in [1.165, 1.54) is 7.11 Å². The molecule has 0 aliphatic carbocycles. The molecule has 6 nitrogen and oxygen atoms in total. The van der Waals surface area contributed by atoms with Crippen molar-refractivity contribution in [3.05, 3.63) is 28.6 Å². The summed E-state index contributed by atoms with van der Waals surface area (Å²) in [7, 11) is 1.32. The van der Waals surface area contributed by atoms with Crippen molar-refractivity contribution >= 4 is 39.0 Å². The predicted molar refractivity (Wildman–Crippen MR) is 82.6 cm³/mol. The van der Waals surface area contributed by atoms with Gasteiger partial charge in [0.25, 0.3) is 0 Å². The highest BCUT2D eigenvalue weighted by atomic mass is 79.9. The van der Waals surface area contributed by atoms with Gasteiger partial charge < -0.3 is 10.1 Å². The number of halogens is 1. The standard InChI is InChI=1S/C14H16BrN3O3/c1-8(2)11(19)5-16-10-4-9(14(20)21-3)7-18-12(15)6-17-13(10)18/h4,6-8,16H,5H2,1-3H3. The summed E-state index contributed by atoms with van der Waals surface area (Å²) in [5, 5.41) is 3.04. The SMILES string of the molecule is COC(=O)c1cc(NCC(=O)C(C)C)c2ncc(Br)n2c1. The molecule has 2 aromatic rings. The second-order valence-electron chi connectivity index (χ2n) is 4.88. The molecular weight excluding hydrogens is 338 g/mol. The molecule has 2 heterocycles. The van der Waals surface area contributed by atoms with E-state index in [0.717, 1.165) is 0 Å². The number of rotatable bonds is 5. The van der Waals surface area contributed by atoms with E-state index in [0.29, 0.717) is 21.5 Å². The number of esters is 1. The molecule has 112 valence electrons. The fraction of sp³-hybridized carbons (Fsp3) is 0.357. The molecule has 21 heavy (non-hydrogen) atoms. The minimum Gasteiger partial charge on any atom is -0.465 e. The first-order valence-electron chi connectivity index (χ1n) is 6.45. The van der Waals surface area contributed by atoms with Gasteiger partial charge in [0.2, 0.25) is 0 Å².